The number of hydrogen-bond acceptors (Lipinski definition) is 5. The van der Waals surface area contributed by atoms with Crippen LogP contribution in [0.2, 0.25) is 0 Å². The molecular formula is C27H39N3O4S. The lowest BCUT2D eigenvalue weighted by Gasteiger charge is -2.20. The highest BCUT2D eigenvalue weighted by Gasteiger charge is 2.19. The molecule has 2 rings (SSSR count). The molecule has 0 bridgehead atoms. The number of nitrogens with one attached hydrogen (secondary N) is 3. The highest BCUT2D eigenvalue weighted by atomic mass is 32.2. The van der Waals surface area contributed by atoms with E-state index in [4.69, 9.17) is 0 Å². The van der Waals surface area contributed by atoms with E-state index in [1.807, 2.05) is 0 Å². The predicted octanol–water partition coefficient (Wildman–Crippen LogP) is 3.48. The molecule has 3 N–H and O–H groups in total. The normalized spacial score (nSPS) is 12.4. The Kier molecular flexibility index (Phi) is 11.4. The second kappa shape index (κ2) is 14.0. The molecule has 0 aliphatic heterocycles. The van der Waals surface area contributed by atoms with Crippen molar-refractivity contribution in [2.45, 2.75) is 63.9 Å². The highest BCUT2D eigenvalue weighted by molar-refractivity contribution is 7.90. The molecule has 35 heavy (non-hydrogen) atoms. The number of unbranched alkanes of at least 4 members (excludes halogenated alkanes) is 1. The van der Waals surface area contributed by atoms with Crippen LogP contribution in [-0.2, 0) is 27.6 Å². The molecule has 0 heterocycles. The maximum absolute atomic E-state index is 12.8. The first-order valence-electron chi connectivity index (χ1n) is 12.3. The molecule has 8 heteroatoms. The van der Waals surface area contributed by atoms with E-state index >= 15 is 0 Å². The van der Waals surface area contributed by atoms with Crippen molar-refractivity contribution in [1.29, 1.82) is 0 Å². The van der Waals surface area contributed by atoms with Crippen LogP contribution < -0.4 is 16.0 Å². The Morgan fingerprint density at radius 1 is 0.914 bits per heavy atom. The van der Waals surface area contributed by atoms with Crippen molar-refractivity contribution in [1.82, 2.24) is 16.0 Å². The highest BCUT2D eigenvalue weighted by Crippen LogP contribution is 2.11. The smallest absolute Gasteiger partial charge is 0.251 e. The first-order chi connectivity index (χ1) is 16.6. The topological polar surface area (TPSA) is 104 Å². The minimum absolute atomic E-state index is 0.106. The standard InChI is InChI=1S/C27H39N3O4S/c1-5-6-7-21-8-10-22(11-9-21)18-29-25(27(32)28-17-16-20(2)3)19-30-26(31)23-12-14-24(15-13-23)35(4,33)34/h8-15,20,25,29H,5-7,16-19H2,1-4H3,(H,28,32)(H,30,31)/t25-/m0/s1. The Morgan fingerprint density at radius 3 is 2.11 bits per heavy atom. The maximum Gasteiger partial charge on any atom is 0.251 e. The fourth-order valence-electron chi connectivity index (χ4n) is 3.46. The second-order valence-electron chi connectivity index (χ2n) is 9.33. The van der Waals surface area contributed by atoms with Crippen molar-refractivity contribution < 1.29 is 18.0 Å². The van der Waals surface area contributed by atoms with Crippen molar-refractivity contribution in [2.24, 2.45) is 5.92 Å². The number of aryl methyl sites for hydroxylation is 1. The van der Waals surface area contributed by atoms with Gasteiger partial charge in [-0.25, -0.2) is 8.42 Å². The lowest BCUT2D eigenvalue weighted by molar-refractivity contribution is -0.123. The van der Waals surface area contributed by atoms with Crippen molar-refractivity contribution in [3.63, 3.8) is 0 Å². The van der Waals surface area contributed by atoms with Crippen LogP contribution in [0.1, 0.15) is 61.5 Å². The van der Waals surface area contributed by atoms with Gasteiger partial charge >= 0.3 is 0 Å². The molecule has 0 saturated carbocycles. The third-order valence-corrected chi connectivity index (χ3v) is 6.87. The zero-order valence-electron chi connectivity index (χ0n) is 21.3. The van der Waals surface area contributed by atoms with Crippen LogP contribution in [0.25, 0.3) is 0 Å². The molecule has 0 saturated heterocycles. The van der Waals surface area contributed by atoms with Gasteiger partial charge in [0.05, 0.1) is 4.90 Å². The molecule has 0 spiro atoms. The molecule has 0 unspecified atom stereocenters. The summed E-state index contributed by atoms with van der Waals surface area (Å²) < 4.78 is 23.3. The molecule has 7 nitrogen and oxygen atoms in total. The number of amides is 2. The van der Waals surface area contributed by atoms with Crippen LogP contribution in [-0.4, -0.2) is 45.6 Å². The average Bonchev–Trinajstić information content (AvgIpc) is 2.82. The van der Waals surface area contributed by atoms with Gasteiger partial charge in [-0.2, -0.15) is 0 Å². The van der Waals surface area contributed by atoms with Crippen LogP contribution in [0.3, 0.4) is 0 Å². The van der Waals surface area contributed by atoms with Crippen LogP contribution in [0, 0.1) is 5.92 Å². The van der Waals surface area contributed by atoms with Crippen molar-refractivity contribution >= 4 is 21.7 Å². The van der Waals surface area contributed by atoms with Crippen LogP contribution in [0.4, 0.5) is 0 Å². The van der Waals surface area contributed by atoms with E-state index in [0.29, 0.717) is 24.6 Å². The maximum atomic E-state index is 12.8. The van der Waals surface area contributed by atoms with Crippen molar-refractivity contribution in [2.75, 3.05) is 19.3 Å². The first-order valence-corrected chi connectivity index (χ1v) is 14.2. The van der Waals surface area contributed by atoms with Crippen LogP contribution in [0.5, 0.6) is 0 Å². The van der Waals surface area contributed by atoms with E-state index in [0.717, 1.165) is 37.5 Å². The van der Waals surface area contributed by atoms with E-state index in [9.17, 15) is 18.0 Å². The molecule has 0 aliphatic carbocycles. The largest absolute Gasteiger partial charge is 0.355 e. The van der Waals surface area contributed by atoms with Gasteiger partial charge in [0.2, 0.25) is 5.91 Å². The third kappa shape index (κ3) is 10.2. The van der Waals surface area contributed by atoms with Gasteiger partial charge in [0, 0.05) is 31.5 Å². The first kappa shape index (κ1) is 28.5. The Balaban J connectivity index is 2.00. The number of benzene rings is 2. The lowest BCUT2D eigenvalue weighted by atomic mass is 10.1. The minimum Gasteiger partial charge on any atom is -0.355 e. The monoisotopic (exact) mass is 501 g/mol. The molecule has 0 aliphatic rings. The minimum atomic E-state index is -3.33. The summed E-state index contributed by atoms with van der Waals surface area (Å²) in [5.74, 6) is -0.0624. The van der Waals surface area contributed by atoms with Gasteiger partial charge in [0.25, 0.3) is 5.91 Å². The van der Waals surface area contributed by atoms with Crippen LogP contribution >= 0.6 is 0 Å². The van der Waals surface area contributed by atoms with Gasteiger partial charge in [-0.3, -0.25) is 9.59 Å². The molecule has 0 fully saturated rings. The van der Waals surface area contributed by atoms with Gasteiger partial charge in [-0.15, -0.1) is 0 Å². The van der Waals surface area contributed by atoms with E-state index in [1.54, 1.807) is 0 Å². The van der Waals surface area contributed by atoms with Gasteiger partial charge in [-0.05, 0) is 60.6 Å². The molecular weight excluding hydrogens is 462 g/mol. The molecule has 192 valence electrons. The average molecular weight is 502 g/mol. The Labute approximate surface area is 210 Å². The Morgan fingerprint density at radius 2 is 1.54 bits per heavy atom. The molecule has 0 radical (unpaired) electrons. The van der Waals surface area contributed by atoms with Gasteiger partial charge in [0.1, 0.15) is 6.04 Å². The number of rotatable bonds is 14. The number of sulfone groups is 1. The molecule has 1 atom stereocenters. The lowest BCUT2D eigenvalue weighted by Crippen LogP contribution is -2.50. The summed E-state index contributed by atoms with van der Waals surface area (Å²) in [6.45, 7) is 7.54. The van der Waals surface area contributed by atoms with Crippen LogP contribution in [0.15, 0.2) is 53.4 Å². The Bertz CT molecular complexity index is 1050. The summed E-state index contributed by atoms with van der Waals surface area (Å²) in [6, 6.07) is 13.5. The van der Waals surface area contributed by atoms with E-state index < -0.39 is 15.9 Å². The fraction of sp³-hybridized carbons (Fsp3) is 0.481. The van der Waals surface area contributed by atoms with E-state index in [1.165, 1.54) is 29.8 Å². The summed E-state index contributed by atoms with van der Waals surface area (Å²) >= 11 is 0. The zero-order chi connectivity index (χ0) is 25.8. The summed E-state index contributed by atoms with van der Waals surface area (Å²) in [7, 11) is -3.33. The molecule has 2 aromatic carbocycles. The molecule has 2 amide bonds. The summed E-state index contributed by atoms with van der Waals surface area (Å²) in [4.78, 5) is 25.6. The number of carbonyl (C=O) groups is 2. The van der Waals surface area contributed by atoms with Crippen molar-refractivity contribution in [3.05, 3.63) is 65.2 Å². The number of carbonyl (C=O) groups excluding carboxylic acids is 2. The van der Waals surface area contributed by atoms with Gasteiger partial charge < -0.3 is 16.0 Å². The van der Waals surface area contributed by atoms with Gasteiger partial charge in [-0.1, -0.05) is 51.5 Å². The SMILES string of the molecule is CCCCc1ccc(CN[C@@H](CNC(=O)c2ccc(S(C)(=O)=O)cc2)C(=O)NCCC(C)C)cc1. The predicted molar refractivity (Wildman–Crippen MR) is 140 cm³/mol. The second-order valence-corrected chi connectivity index (χ2v) is 11.3. The van der Waals surface area contributed by atoms with E-state index in [-0.39, 0.29) is 23.3 Å². The summed E-state index contributed by atoms with van der Waals surface area (Å²) in [6.07, 6.45) is 5.37. The third-order valence-electron chi connectivity index (χ3n) is 5.74. The Hall–Kier alpha value is -2.71. The van der Waals surface area contributed by atoms with Gasteiger partial charge in [0.15, 0.2) is 9.84 Å². The summed E-state index contributed by atoms with van der Waals surface area (Å²) in [5, 5.41) is 9.01. The fourth-order valence-corrected chi connectivity index (χ4v) is 4.09. The van der Waals surface area contributed by atoms with Crippen molar-refractivity contribution in [3.8, 4) is 0 Å². The molecule has 0 aromatic heterocycles. The molecule has 2 aromatic rings. The summed E-state index contributed by atoms with van der Waals surface area (Å²) in [5.41, 5.74) is 2.69. The zero-order valence-corrected chi connectivity index (χ0v) is 22.1. The quantitative estimate of drug-likeness (QED) is 0.368. The van der Waals surface area contributed by atoms with E-state index in [2.05, 4.69) is 61.0 Å². The number of hydrogen-bond donors (Lipinski definition) is 3.